The number of hydrogen-bond acceptors (Lipinski definition) is 2. The van der Waals surface area contributed by atoms with Crippen molar-refractivity contribution in [3.63, 3.8) is 0 Å². The van der Waals surface area contributed by atoms with Crippen molar-refractivity contribution in [3.05, 3.63) is 41.0 Å². The quantitative estimate of drug-likeness (QED) is 0.838. The molecule has 0 saturated heterocycles. The average molecular weight is 287 g/mol. The van der Waals surface area contributed by atoms with Gasteiger partial charge in [-0.15, -0.1) is 0 Å². The van der Waals surface area contributed by atoms with Crippen LogP contribution >= 0.6 is 0 Å². The standard InChI is InChI=1S/C13H12F3NO3/c1-7(2)3-11(18)17-10-5-8(12(19)20)4-9(6-10)13(14,15)16/h3-6H,1-2H3,(H,17,18)(H,19,20). The summed E-state index contributed by atoms with van der Waals surface area (Å²) in [4.78, 5) is 22.3. The van der Waals surface area contributed by atoms with Gasteiger partial charge >= 0.3 is 12.1 Å². The molecule has 0 bridgehead atoms. The molecule has 1 rings (SSSR count). The zero-order valence-electron chi connectivity index (χ0n) is 10.7. The lowest BCUT2D eigenvalue weighted by Crippen LogP contribution is -2.13. The molecule has 0 aliphatic heterocycles. The highest BCUT2D eigenvalue weighted by Crippen LogP contribution is 2.32. The van der Waals surface area contributed by atoms with Gasteiger partial charge in [-0.1, -0.05) is 5.57 Å². The third-order valence-electron chi connectivity index (χ3n) is 2.19. The van der Waals surface area contributed by atoms with Gasteiger partial charge < -0.3 is 10.4 Å². The molecular weight excluding hydrogens is 275 g/mol. The molecule has 0 radical (unpaired) electrons. The van der Waals surface area contributed by atoms with Crippen molar-refractivity contribution in [3.8, 4) is 0 Å². The van der Waals surface area contributed by atoms with E-state index in [1.54, 1.807) is 13.8 Å². The Morgan fingerprint density at radius 2 is 1.80 bits per heavy atom. The molecule has 0 saturated carbocycles. The van der Waals surface area contributed by atoms with Crippen molar-refractivity contribution in [1.82, 2.24) is 0 Å². The fourth-order valence-electron chi connectivity index (χ4n) is 1.43. The van der Waals surface area contributed by atoms with E-state index < -0.39 is 29.2 Å². The number of benzene rings is 1. The first-order valence-corrected chi connectivity index (χ1v) is 5.51. The maximum Gasteiger partial charge on any atom is 0.416 e. The Balaban J connectivity index is 3.20. The van der Waals surface area contributed by atoms with E-state index in [4.69, 9.17) is 5.11 Å². The Hall–Kier alpha value is -2.31. The molecule has 0 atom stereocenters. The number of hydrogen-bond donors (Lipinski definition) is 2. The number of alkyl halides is 3. The van der Waals surface area contributed by atoms with E-state index in [2.05, 4.69) is 5.32 Å². The average Bonchev–Trinajstić information content (AvgIpc) is 2.25. The Morgan fingerprint density at radius 3 is 2.25 bits per heavy atom. The fourth-order valence-corrected chi connectivity index (χ4v) is 1.43. The minimum atomic E-state index is -4.69. The second-order valence-electron chi connectivity index (χ2n) is 4.31. The van der Waals surface area contributed by atoms with E-state index in [0.717, 1.165) is 6.07 Å². The number of carboxylic acids is 1. The lowest BCUT2D eigenvalue weighted by atomic mass is 10.1. The largest absolute Gasteiger partial charge is 0.478 e. The van der Waals surface area contributed by atoms with Crippen LogP contribution in [-0.2, 0) is 11.0 Å². The Kier molecular flexibility index (Phi) is 4.54. The molecule has 2 N–H and O–H groups in total. The van der Waals surface area contributed by atoms with Crippen molar-refractivity contribution in [2.24, 2.45) is 0 Å². The number of anilines is 1. The van der Waals surface area contributed by atoms with Crippen LogP contribution in [0.1, 0.15) is 29.8 Å². The highest BCUT2D eigenvalue weighted by molar-refractivity contribution is 6.00. The minimum absolute atomic E-state index is 0.222. The van der Waals surface area contributed by atoms with Gasteiger partial charge in [-0.2, -0.15) is 13.2 Å². The molecule has 0 unspecified atom stereocenters. The Bertz CT molecular complexity index is 573. The monoisotopic (exact) mass is 287 g/mol. The lowest BCUT2D eigenvalue weighted by molar-refractivity contribution is -0.137. The SMILES string of the molecule is CC(C)=CC(=O)Nc1cc(C(=O)O)cc(C(F)(F)F)c1. The molecule has 20 heavy (non-hydrogen) atoms. The summed E-state index contributed by atoms with van der Waals surface area (Å²) in [5.41, 5.74) is -1.25. The van der Waals surface area contributed by atoms with Crippen LogP contribution in [0.15, 0.2) is 29.8 Å². The van der Waals surface area contributed by atoms with Crippen LogP contribution in [0.5, 0.6) is 0 Å². The first kappa shape index (κ1) is 15.7. The first-order valence-electron chi connectivity index (χ1n) is 5.51. The maximum absolute atomic E-state index is 12.6. The molecule has 1 aromatic carbocycles. The smallest absolute Gasteiger partial charge is 0.416 e. The first-order chi connectivity index (χ1) is 9.09. The summed E-state index contributed by atoms with van der Waals surface area (Å²) in [5, 5.41) is 11.0. The molecule has 0 aliphatic rings. The van der Waals surface area contributed by atoms with Crippen LogP contribution in [0.25, 0.3) is 0 Å². The number of nitrogens with one attached hydrogen (secondary N) is 1. The molecule has 0 aliphatic carbocycles. The van der Waals surface area contributed by atoms with Gasteiger partial charge in [0.25, 0.3) is 0 Å². The predicted molar refractivity (Wildman–Crippen MR) is 66.5 cm³/mol. The second kappa shape index (κ2) is 5.77. The van der Waals surface area contributed by atoms with Crippen LogP contribution in [0.2, 0.25) is 0 Å². The molecule has 7 heteroatoms. The summed E-state index contributed by atoms with van der Waals surface area (Å²) in [6.07, 6.45) is -3.50. The molecule has 0 heterocycles. The van der Waals surface area contributed by atoms with Crippen molar-refractivity contribution in [2.75, 3.05) is 5.32 Å². The minimum Gasteiger partial charge on any atom is -0.478 e. The van der Waals surface area contributed by atoms with Gasteiger partial charge in [0.05, 0.1) is 11.1 Å². The third kappa shape index (κ3) is 4.42. The molecular formula is C13H12F3NO3. The van der Waals surface area contributed by atoms with Crippen LogP contribution < -0.4 is 5.32 Å². The second-order valence-corrected chi connectivity index (χ2v) is 4.31. The van der Waals surface area contributed by atoms with Crippen molar-refractivity contribution in [2.45, 2.75) is 20.0 Å². The number of rotatable bonds is 3. The van der Waals surface area contributed by atoms with Gasteiger partial charge in [0.15, 0.2) is 0 Å². The van der Waals surface area contributed by atoms with Gasteiger partial charge in [-0.3, -0.25) is 4.79 Å². The highest BCUT2D eigenvalue weighted by Gasteiger charge is 2.32. The van der Waals surface area contributed by atoms with Gasteiger partial charge in [0, 0.05) is 11.8 Å². The molecule has 108 valence electrons. The fraction of sp³-hybridized carbons (Fsp3) is 0.231. The topological polar surface area (TPSA) is 66.4 Å². The van der Waals surface area contributed by atoms with E-state index in [1.807, 2.05) is 0 Å². The van der Waals surface area contributed by atoms with E-state index in [-0.39, 0.29) is 5.69 Å². The Morgan fingerprint density at radius 1 is 1.20 bits per heavy atom. The van der Waals surface area contributed by atoms with Crippen LogP contribution in [0.3, 0.4) is 0 Å². The van der Waals surface area contributed by atoms with Gasteiger partial charge in [0.2, 0.25) is 5.91 Å². The Labute approximate surface area is 112 Å². The number of allylic oxidation sites excluding steroid dienone is 1. The number of halogens is 3. The summed E-state index contributed by atoms with van der Waals surface area (Å²) in [6, 6.07) is 2.16. The lowest BCUT2D eigenvalue weighted by Gasteiger charge is -2.11. The zero-order valence-corrected chi connectivity index (χ0v) is 10.7. The number of carbonyl (C=O) groups excluding carboxylic acids is 1. The van der Waals surface area contributed by atoms with Crippen LogP contribution in [-0.4, -0.2) is 17.0 Å². The van der Waals surface area contributed by atoms with Gasteiger partial charge in [-0.05, 0) is 32.0 Å². The highest BCUT2D eigenvalue weighted by atomic mass is 19.4. The number of carboxylic acid groups (broad SMARTS) is 1. The van der Waals surface area contributed by atoms with Crippen molar-refractivity contribution in [1.29, 1.82) is 0 Å². The van der Waals surface area contributed by atoms with Gasteiger partial charge in [-0.25, -0.2) is 4.79 Å². The van der Waals surface area contributed by atoms with Crippen molar-refractivity contribution < 1.29 is 27.9 Å². The van der Waals surface area contributed by atoms with Crippen LogP contribution in [0, 0.1) is 0 Å². The summed E-state index contributed by atoms with van der Waals surface area (Å²) in [5.74, 6) is -2.13. The predicted octanol–water partition coefficient (Wildman–Crippen LogP) is 3.31. The number of aromatic carboxylic acids is 1. The molecule has 0 fully saturated rings. The number of amides is 1. The van der Waals surface area contributed by atoms with Gasteiger partial charge in [0.1, 0.15) is 0 Å². The molecule has 1 amide bonds. The third-order valence-corrected chi connectivity index (χ3v) is 2.19. The van der Waals surface area contributed by atoms with E-state index >= 15 is 0 Å². The van der Waals surface area contributed by atoms with E-state index in [9.17, 15) is 22.8 Å². The maximum atomic E-state index is 12.6. The van der Waals surface area contributed by atoms with E-state index in [1.165, 1.54) is 6.08 Å². The molecule has 1 aromatic rings. The van der Waals surface area contributed by atoms with Crippen molar-refractivity contribution >= 4 is 17.6 Å². The summed E-state index contributed by atoms with van der Waals surface area (Å²) in [6.45, 7) is 3.29. The summed E-state index contributed by atoms with van der Waals surface area (Å²) < 4.78 is 37.9. The van der Waals surface area contributed by atoms with E-state index in [0.29, 0.717) is 17.7 Å². The molecule has 0 aromatic heterocycles. The molecule has 0 spiro atoms. The number of carbonyl (C=O) groups is 2. The molecule has 4 nitrogen and oxygen atoms in total. The summed E-state index contributed by atoms with van der Waals surface area (Å²) >= 11 is 0. The normalized spacial score (nSPS) is 10.8. The zero-order chi connectivity index (χ0) is 15.5. The summed E-state index contributed by atoms with van der Waals surface area (Å²) in [7, 11) is 0. The van der Waals surface area contributed by atoms with Crippen LogP contribution in [0.4, 0.5) is 18.9 Å².